The first-order valence-corrected chi connectivity index (χ1v) is 10.8. The topological polar surface area (TPSA) is 66.5 Å². The van der Waals surface area contributed by atoms with Crippen molar-refractivity contribution in [1.29, 1.82) is 0 Å². The number of sulfonamides is 1. The first-order chi connectivity index (χ1) is 13.7. The van der Waals surface area contributed by atoms with E-state index in [1.807, 2.05) is 0 Å². The third-order valence-corrected chi connectivity index (χ3v) is 7.01. The van der Waals surface area contributed by atoms with Crippen LogP contribution in [0.4, 0.5) is 11.4 Å². The summed E-state index contributed by atoms with van der Waals surface area (Å²) >= 11 is 12.3. The van der Waals surface area contributed by atoms with Crippen molar-refractivity contribution in [2.45, 2.75) is 11.8 Å². The number of carbonyl (C=O) groups excluding carboxylic acids is 1. The molecule has 0 radical (unpaired) electrons. The Hall–Kier alpha value is -2.54. The van der Waals surface area contributed by atoms with Gasteiger partial charge in [0.2, 0.25) is 0 Å². The molecule has 29 heavy (non-hydrogen) atoms. The zero-order valence-corrected chi connectivity index (χ0v) is 18.0. The van der Waals surface area contributed by atoms with E-state index in [2.05, 4.69) is 5.32 Å². The number of hydrogen-bond acceptors (Lipinski definition) is 3. The standard InChI is InChI=1S/C21H18Cl2N2O3S/c1-14-18(22)9-6-10-20(14)24-21(26)17-13-15(11-12-19(17)23)25(2)29(27,28)16-7-4-3-5-8-16/h3-13H,1-2H3,(H,24,26). The van der Waals surface area contributed by atoms with Gasteiger partial charge < -0.3 is 5.32 Å². The largest absolute Gasteiger partial charge is 0.322 e. The Balaban J connectivity index is 1.94. The van der Waals surface area contributed by atoms with Crippen LogP contribution in [0, 0.1) is 6.92 Å². The van der Waals surface area contributed by atoms with E-state index >= 15 is 0 Å². The van der Waals surface area contributed by atoms with Crippen LogP contribution in [0.2, 0.25) is 10.0 Å². The number of nitrogens with one attached hydrogen (secondary N) is 1. The minimum atomic E-state index is -3.78. The molecule has 5 nitrogen and oxygen atoms in total. The highest BCUT2D eigenvalue weighted by atomic mass is 35.5. The van der Waals surface area contributed by atoms with Crippen molar-refractivity contribution in [3.05, 3.63) is 87.9 Å². The van der Waals surface area contributed by atoms with Gasteiger partial charge in [0.15, 0.2) is 0 Å². The first-order valence-electron chi connectivity index (χ1n) is 8.62. The lowest BCUT2D eigenvalue weighted by molar-refractivity contribution is 0.102. The van der Waals surface area contributed by atoms with E-state index in [4.69, 9.17) is 23.2 Å². The van der Waals surface area contributed by atoms with E-state index in [-0.39, 0.29) is 15.5 Å². The minimum Gasteiger partial charge on any atom is -0.322 e. The van der Waals surface area contributed by atoms with Gasteiger partial charge in [-0.1, -0.05) is 47.5 Å². The second kappa shape index (κ2) is 8.45. The lowest BCUT2D eigenvalue weighted by atomic mass is 10.1. The monoisotopic (exact) mass is 448 g/mol. The summed E-state index contributed by atoms with van der Waals surface area (Å²) < 4.78 is 26.8. The molecule has 3 aromatic carbocycles. The van der Waals surface area contributed by atoms with Crippen LogP contribution in [-0.2, 0) is 10.0 Å². The van der Waals surface area contributed by atoms with Crippen LogP contribution < -0.4 is 9.62 Å². The van der Waals surface area contributed by atoms with Crippen molar-refractivity contribution in [3.8, 4) is 0 Å². The molecule has 0 spiro atoms. The summed E-state index contributed by atoms with van der Waals surface area (Å²) in [5.74, 6) is -0.465. The summed E-state index contributed by atoms with van der Waals surface area (Å²) in [6.07, 6.45) is 0. The van der Waals surface area contributed by atoms with Gasteiger partial charge >= 0.3 is 0 Å². The SMILES string of the molecule is Cc1c(Cl)cccc1NC(=O)c1cc(N(C)S(=O)(=O)c2ccccc2)ccc1Cl. The second-order valence-electron chi connectivity index (χ2n) is 6.32. The van der Waals surface area contributed by atoms with Crippen LogP contribution in [0.3, 0.4) is 0 Å². The van der Waals surface area contributed by atoms with E-state index in [1.54, 1.807) is 49.4 Å². The van der Waals surface area contributed by atoms with E-state index < -0.39 is 15.9 Å². The van der Waals surface area contributed by atoms with Crippen LogP contribution in [0.5, 0.6) is 0 Å². The predicted molar refractivity (Wildman–Crippen MR) is 118 cm³/mol. The fourth-order valence-electron chi connectivity index (χ4n) is 2.71. The van der Waals surface area contributed by atoms with E-state index in [0.717, 1.165) is 9.87 Å². The lowest BCUT2D eigenvalue weighted by Crippen LogP contribution is -2.27. The number of carbonyl (C=O) groups is 1. The van der Waals surface area contributed by atoms with Gasteiger partial charge in [0.05, 0.1) is 21.2 Å². The van der Waals surface area contributed by atoms with Crippen molar-refractivity contribution in [2.24, 2.45) is 0 Å². The summed E-state index contributed by atoms with van der Waals surface area (Å²) in [5.41, 5.74) is 1.73. The average molecular weight is 449 g/mol. The zero-order chi connectivity index (χ0) is 21.2. The van der Waals surface area contributed by atoms with Crippen LogP contribution in [0.1, 0.15) is 15.9 Å². The van der Waals surface area contributed by atoms with Crippen molar-refractivity contribution >= 4 is 50.5 Å². The van der Waals surface area contributed by atoms with Crippen molar-refractivity contribution in [1.82, 2.24) is 0 Å². The molecule has 0 aliphatic rings. The molecule has 0 saturated carbocycles. The van der Waals surface area contributed by atoms with E-state index in [0.29, 0.717) is 16.4 Å². The van der Waals surface area contributed by atoms with Gasteiger partial charge in [-0.25, -0.2) is 8.42 Å². The molecule has 0 fully saturated rings. The average Bonchev–Trinajstić information content (AvgIpc) is 2.71. The van der Waals surface area contributed by atoms with Gasteiger partial charge in [-0.15, -0.1) is 0 Å². The molecule has 1 amide bonds. The van der Waals surface area contributed by atoms with E-state index in [1.165, 1.54) is 31.3 Å². The maximum Gasteiger partial charge on any atom is 0.264 e. The molecule has 0 aliphatic carbocycles. The third-order valence-electron chi connectivity index (χ3n) is 4.48. The Morgan fingerprint density at radius 1 is 0.931 bits per heavy atom. The maximum absolute atomic E-state index is 12.8. The highest BCUT2D eigenvalue weighted by Crippen LogP contribution is 2.28. The Kier molecular flexibility index (Phi) is 6.17. The van der Waals surface area contributed by atoms with Crippen LogP contribution >= 0.6 is 23.2 Å². The first kappa shape index (κ1) is 21.2. The number of hydrogen-bond donors (Lipinski definition) is 1. The molecule has 8 heteroatoms. The van der Waals surface area contributed by atoms with Gasteiger partial charge in [-0.3, -0.25) is 9.10 Å². The quantitative estimate of drug-likeness (QED) is 0.569. The zero-order valence-electron chi connectivity index (χ0n) is 15.7. The summed E-state index contributed by atoms with van der Waals surface area (Å²) in [6.45, 7) is 1.79. The van der Waals surface area contributed by atoms with Gasteiger partial charge in [0, 0.05) is 17.8 Å². The molecule has 0 atom stereocenters. The van der Waals surface area contributed by atoms with Crippen molar-refractivity contribution in [2.75, 3.05) is 16.7 Å². The number of amides is 1. The fraction of sp³-hybridized carbons (Fsp3) is 0.0952. The summed E-state index contributed by atoms with van der Waals surface area (Å²) in [7, 11) is -2.35. The van der Waals surface area contributed by atoms with Crippen molar-refractivity contribution < 1.29 is 13.2 Å². The van der Waals surface area contributed by atoms with Gasteiger partial charge in [-0.2, -0.15) is 0 Å². The highest BCUT2D eigenvalue weighted by Gasteiger charge is 2.23. The molecule has 1 N–H and O–H groups in total. The summed E-state index contributed by atoms with van der Waals surface area (Å²) in [5, 5.41) is 3.50. The Labute approximate surface area is 179 Å². The number of benzene rings is 3. The molecule has 3 aromatic rings. The molecule has 3 rings (SSSR count). The van der Waals surface area contributed by atoms with Crippen molar-refractivity contribution in [3.63, 3.8) is 0 Å². The van der Waals surface area contributed by atoms with Crippen LogP contribution in [0.25, 0.3) is 0 Å². The van der Waals surface area contributed by atoms with Gasteiger partial charge in [0.25, 0.3) is 15.9 Å². The van der Waals surface area contributed by atoms with Gasteiger partial charge in [0.1, 0.15) is 0 Å². The normalized spacial score (nSPS) is 11.2. The number of halogens is 2. The summed E-state index contributed by atoms with van der Waals surface area (Å²) in [4.78, 5) is 12.9. The van der Waals surface area contributed by atoms with Crippen LogP contribution in [-0.4, -0.2) is 21.4 Å². The Bertz CT molecular complexity index is 1170. The second-order valence-corrected chi connectivity index (χ2v) is 9.10. The summed E-state index contributed by atoms with van der Waals surface area (Å²) in [6, 6.07) is 17.7. The van der Waals surface area contributed by atoms with Gasteiger partial charge in [-0.05, 0) is 55.0 Å². The minimum absolute atomic E-state index is 0.151. The molecule has 0 heterocycles. The highest BCUT2D eigenvalue weighted by molar-refractivity contribution is 7.92. The smallest absolute Gasteiger partial charge is 0.264 e. The number of anilines is 2. The number of rotatable bonds is 5. The molecule has 0 aromatic heterocycles. The molecule has 0 bridgehead atoms. The predicted octanol–water partition coefficient (Wildman–Crippen LogP) is 5.38. The molecule has 150 valence electrons. The maximum atomic E-state index is 12.8. The lowest BCUT2D eigenvalue weighted by Gasteiger charge is -2.20. The number of nitrogens with zero attached hydrogens (tertiary/aromatic N) is 1. The van der Waals surface area contributed by atoms with Crippen LogP contribution in [0.15, 0.2) is 71.6 Å². The fourth-order valence-corrected chi connectivity index (χ4v) is 4.29. The molecule has 0 unspecified atom stereocenters. The molecule has 0 aliphatic heterocycles. The molecule has 0 saturated heterocycles. The Morgan fingerprint density at radius 3 is 2.31 bits per heavy atom. The molecular weight excluding hydrogens is 431 g/mol. The van der Waals surface area contributed by atoms with E-state index in [9.17, 15) is 13.2 Å². The third kappa shape index (κ3) is 4.40. The Morgan fingerprint density at radius 2 is 1.62 bits per heavy atom. The molecular formula is C21H18Cl2N2O3S.